The van der Waals surface area contributed by atoms with Gasteiger partial charge in [-0.3, -0.25) is 0 Å². The van der Waals surface area contributed by atoms with Crippen LogP contribution >= 0.6 is 11.6 Å². The molecule has 1 heterocycles. The molecule has 0 unspecified atom stereocenters. The van der Waals surface area contributed by atoms with Crippen LogP contribution in [0.4, 0.5) is 16.2 Å². The van der Waals surface area contributed by atoms with Crippen LogP contribution in [-0.2, 0) is 11.2 Å². The lowest BCUT2D eigenvalue weighted by atomic mass is 10.1. The summed E-state index contributed by atoms with van der Waals surface area (Å²) in [6, 6.07) is 13.9. The summed E-state index contributed by atoms with van der Waals surface area (Å²) in [5.41, 5.74) is 2.91. The summed E-state index contributed by atoms with van der Waals surface area (Å²) < 4.78 is 10.5. The van der Waals surface area contributed by atoms with Crippen LogP contribution in [0.1, 0.15) is 32.8 Å². The zero-order valence-corrected chi connectivity index (χ0v) is 17.0. The lowest BCUT2D eigenvalue weighted by Gasteiger charge is -2.18. The van der Waals surface area contributed by atoms with Gasteiger partial charge >= 0.3 is 6.09 Å². The Kier molecular flexibility index (Phi) is 7.36. The highest BCUT2D eigenvalue weighted by Gasteiger charge is 2.14. The number of nitrogens with one attached hydrogen (secondary N) is 2. The van der Waals surface area contributed by atoms with Crippen LogP contribution in [0, 0.1) is 0 Å². The first-order valence-corrected chi connectivity index (χ1v) is 9.34. The van der Waals surface area contributed by atoms with Crippen LogP contribution in [0.2, 0.25) is 5.02 Å². The number of hydrogen-bond donors (Lipinski definition) is 2. The topological polar surface area (TPSA) is 59.6 Å². The maximum absolute atomic E-state index is 10.5. The largest absolute Gasteiger partial charge is 0.493 e. The maximum atomic E-state index is 10.5. The van der Waals surface area contributed by atoms with Crippen LogP contribution < -0.4 is 15.4 Å². The predicted molar refractivity (Wildman–Crippen MR) is 110 cm³/mol. The van der Waals surface area contributed by atoms with E-state index in [0.717, 1.165) is 41.6 Å². The molecule has 0 aromatic heterocycles. The van der Waals surface area contributed by atoms with E-state index >= 15 is 0 Å². The second-order valence-corrected chi connectivity index (χ2v) is 7.60. The second kappa shape index (κ2) is 9.51. The number of anilines is 2. The van der Waals surface area contributed by atoms with Gasteiger partial charge in [-0.15, -0.1) is 0 Å². The average molecular weight is 391 g/mol. The van der Waals surface area contributed by atoms with Crippen LogP contribution in [0.5, 0.6) is 5.75 Å². The quantitative estimate of drug-likeness (QED) is 0.705. The van der Waals surface area contributed by atoms with Crippen LogP contribution in [-0.4, -0.2) is 25.3 Å². The molecule has 0 spiro atoms. The molecule has 1 amide bonds. The monoisotopic (exact) mass is 390 g/mol. The van der Waals surface area contributed by atoms with Crippen molar-refractivity contribution in [2.24, 2.45) is 0 Å². The Labute approximate surface area is 166 Å². The molecule has 2 N–H and O–H groups in total. The van der Waals surface area contributed by atoms with Crippen molar-refractivity contribution < 1.29 is 14.3 Å². The average Bonchev–Trinajstić information content (AvgIpc) is 2.61. The minimum Gasteiger partial charge on any atom is -0.493 e. The van der Waals surface area contributed by atoms with E-state index in [1.54, 1.807) is 0 Å². The number of rotatable bonds is 2. The third kappa shape index (κ3) is 7.39. The predicted octanol–water partition coefficient (Wildman–Crippen LogP) is 5.55. The maximum Gasteiger partial charge on any atom is 0.407 e. The molecule has 0 aliphatic carbocycles. The van der Waals surface area contributed by atoms with Crippen molar-refractivity contribution in [1.29, 1.82) is 0 Å². The molecule has 146 valence electrons. The minimum absolute atomic E-state index is 0.387. The third-order valence-electron chi connectivity index (χ3n) is 3.63. The Bertz CT molecular complexity index is 772. The number of amides is 1. The summed E-state index contributed by atoms with van der Waals surface area (Å²) in [5, 5.41) is 6.42. The Morgan fingerprint density at radius 1 is 1.15 bits per heavy atom. The fourth-order valence-corrected chi connectivity index (χ4v) is 2.67. The van der Waals surface area contributed by atoms with Crippen molar-refractivity contribution in [3.8, 4) is 5.75 Å². The SMILES string of the molecule is CNC(=O)OC(C)(C)C.Clc1cccc(Nc2ccc3c(c2)OCCC3)c1. The zero-order chi connectivity index (χ0) is 19.9. The smallest absolute Gasteiger partial charge is 0.407 e. The van der Waals surface area contributed by atoms with Crippen molar-refractivity contribution in [3.63, 3.8) is 0 Å². The zero-order valence-electron chi connectivity index (χ0n) is 16.3. The number of benzene rings is 2. The summed E-state index contributed by atoms with van der Waals surface area (Å²) in [5.74, 6) is 0.994. The van der Waals surface area contributed by atoms with E-state index in [9.17, 15) is 4.79 Å². The van der Waals surface area contributed by atoms with Gasteiger partial charge in [0.15, 0.2) is 0 Å². The molecule has 0 bridgehead atoms. The molecule has 6 heteroatoms. The van der Waals surface area contributed by atoms with Crippen molar-refractivity contribution in [3.05, 3.63) is 53.1 Å². The molecule has 5 nitrogen and oxygen atoms in total. The Hall–Kier alpha value is -2.40. The molecule has 0 fully saturated rings. The standard InChI is InChI=1S/C15H14ClNO.C6H13NO2/c16-12-4-1-5-13(9-12)17-14-7-6-11-3-2-8-18-15(11)10-14;1-6(2,3)9-5(8)7-4/h1,4-7,9-10,17H,2-3,8H2;1-4H3,(H,7,8). The highest BCUT2D eigenvalue weighted by Crippen LogP contribution is 2.29. The molecule has 0 atom stereocenters. The van der Waals surface area contributed by atoms with E-state index in [1.165, 1.54) is 12.6 Å². The molecule has 27 heavy (non-hydrogen) atoms. The van der Waals surface area contributed by atoms with Gasteiger partial charge in [-0.1, -0.05) is 23.7 Å². The fraction of sp³-hybridized carbons (Fsp3) is 0.381. The highest BCUT2D eigenvalue weighted by atomic mass is 35.5. The third-order valence-corrected chi connectivity index (χ3v) is 3.87. The molecular formula is C21H27ClN2O3. The Balaban J connectivity index is 0.000000249. The summed E-state index contributed by atoms with van der Waals surface area (Å²) in [7, 11) is 1.54. The van der Waals surface area contributed by atoms with Crippen LogP contribution in [0.25, 0.3) is 0 Å². The van der Waals surface area contributed by atoms with E-state index < -0.39 is 0 Å². The second-order valence-electron chi connectivity index (χ2n) is 7.16. The van der Waals surface area contributed by atoms with Gasteiger partial charge in [0.2, 0.25) is 0 Å². The Morgan fingerprint density at radius 3 is 2.52 bits per heavy atom. The molecular weight excluding hydrogens is 364 g/mol. The molecule has 2 aromatic carbocycles. The highest BCUT2D eigenvalue weighted by molar-refractivity contribution is 6.30. The van der Waals surface area contributed by atoms with Gasteiger partial charge in [0.05, 0.1) is 6.61 Å². The molecule has 3 rings (SSSR count). The van der Waals surface area contributed by atoms with Gasteiger partial charge in [0, 0.05) is 29.5 Å². The fourth-order valence-electron chi connectivity index (χ4n) is 2.48. The molecule has 1 aliphatic heterocycles. The number of hydrogen-bond acceptors (Lipinski definition) is 4. The summed E-state index contributed by atoms with van der Waals surface area (Å²) in [4.78, 5) is 10.5. The summed E-state index contributed by atoms with van der Waals surface area (Å²) in [6.07, 6.45) is 1.82. The van der Waals surface area contributed by atoms with Gasteiger partial charge in [-0.25, -0.2) is 4.79 Å². The number of fused-ring (bicyclic) bond motifs is 1. The van der Waals surface area contributed by atoms with Gasteiger partial charge in [0.1, 0.15) is 11.4 Å². The number of halogens is 1. The van der Waals surface area contributed by atoms with Gasteiger partial charge in [0.25, 0.3) is 0 Å². The van der Waals surface area contributed by atoms with Crippen molar-refractivity contribution in [1.82, 2.24) is 5.32 Å². The molecule has 1 aliphatic rings. The Morgan fingerprint density at radius 2 is 1.89 bits per heavy atom. The van der Waals surface area contributed by atoms with Crippen molar-refractivity contribution >= 4 is 29.1 Å². The first kappa shape index (κ1) is 20.9. The van der Waals surface area contributed by atoms with E-state index in [2.05, 4.69) is 28.8 Å². The molecule has 0 radical (unpaired) electrons. The summed E-state index contributed by atoms with van der Waals surface area (Å²) >= 11 is 5.96. The number of aryl methyl sites for hydroxylation is 1. The number of alkyl carbamates (subject to hydrolysis) is 1. The van der Waals surface area contributed by atoms with Crippen LogP contribution in [0.15, 0.2) is 42.5 Å². The summed E-state index contributed by atoms with van der Waals surface area (Å²) in [6.45, 7) is 6.28. The number of carbonyl (C=O) groups is 1. The van der Waals surface area contributed by atoms with Crippen LogP contribution in [0.3, 0.4) is 0 Å². The molecule has 2 aromatic rings. The van der Waals surface area contributed by atoms with Gasteiger partial charge < -0.3 is 20.1 Å². The van der Waals surface area contributed by atoms with Crippen molar-refractivity contribution in [2.75, 3.05) is 19.0 Å². The molecule has 0 saturated carbocycles. The lowest BCUT2D eigenvalue weighted by molar-refractivity contribution is 0.0541. The van der Waals surface area contributed by atoms with Gasteiger partial charge in [-0.05, 0) is 63.4 Å². The number of carbonyl (C=O) groups excluding carboxylic acids is 1. The lowest BCUT2D eigenvalue weighted by Crippen LogP contribution is -2.30. The number of ether oxygens (including phenoxy) is 2. The minimum atomic E-state index is -0.389. The van der Waals surface area contributed by atoms with Crippen molar-refractivity contribution in [2.45, 2.75) is 39.2 Å². The van der Waals surface area contributed by atoms with E-state index in [1.807, 2.05) is 45.0 Å². The van der Waals surface area contributed by atoms with E-state index in [-0.39, 0.29) is 11.7 Å². The molecule has 0 saturated heterocycles. The van der Waals surface area contributed by atoms with Gasteiger partial charge in [-0.2, -0.15) is 0 Å². The van der Waals surface area contributed by atoms with E-state index in [4.69, 9.17) is 21.1 Å². The normalized spacial score (nSPS) is 12.6. The first-order chi connectivity index (χ1) is 12.8. The van der Waals surface area contributed by atoms with E-state index in [0.29, 0.717) is 0 Å². The first-order valence-electron chi connectivity index (χ1n) is 8.96.